The third-order valence-electron chi connectivity index (χ3n) is 1.22. The zero-order chi connectivity index (χ0) is 8.97. The largest absolute Gasteiger partial charge is 0.481 e. The van der Waals surface area contributed by atoms with Crippen LogP contribution < -0.4 is 10.5 Å². The van der Waals surface area contributed by atoms with Crippen molar-refractivity contribution in [1.29, 1.82) is 0 Å². The molecule has 1 aromatic heterocycles. The van der Waals surface area contributed by atoms with Gasteiger partial charge in [0.25, 0.3) is 0 Å². The highest BCUT2D eigenvalue weighted by atomic mass is 79.9. The normalized spacial score (nSPS) is 9.42. The summed E-state index contributed by atoms with van der Waals surface area (Å²) in [6.07, 6.45) is 2.90. The van der Waals surface area contributed by atoms with Gasteiger partial charge >= 0.3 is 0 Å². The summed E-state index contributed by atoms with van der Waals surface area (Å²) in [6, 6.07) is 1.54. The van der Waals surface area contributed by atoms with Crippen molar-refractivity contribution in [2.45, 2.75) is 0 Å². The fourth-order valence-corrected chi connectivity index (χ4v) is 0.960. The van der Waals surface area contributed by atoms with Crippen molar-refractivity contribution in [3.63, 3.8) is 0 Å². The van der Waals surface area contributed by atoms with Crippen LogP contribution in [0.1, 0.15) is 10.4 Å². The van der Waals surface area contributed by atoms with Crippen LogP contribution in [-0.4, -0.2) is 16.4 Å². The van der Waals surface area contributed by atoms with Crippen molar-refractivity contribution >= 4 is 21.8 Å². The van der Waals surface area contributed by atoms with Gasteiger partial charge < -0.3 is 10.5 Å². The first-order valence-electron chi connectivity index (χ1n) is 3.17. The van der Waals surface area contributed by atoms with Gasteiger partial charge in [0.15, 0.2) is 0 Å². The summed E-state index contributed by atoms with van der Waals surface area (Å²) >= 11 is 3.08. The van der Waals surface area contributed by atoms with Crippen LogP contribution in [0.2, 0.25) is 0 Å². The number of aromatic nitrogens is 1. The number of hydrogen-bond donors (Lipinski definition) is 1. The van der Waals surface area contributed by atoms with Crippen LogP contribution in [0.4, 0.5) is 0 Å². The lowest BCUT2D eigenvalue weighted by molar-refractivity contribution is 0.0999. The van der Waals surface area contributed by atoms with Crippen molar-refractivity contribution in [3.8, 4) is 5.75 Å². The number of pyridine rings is 1. The molecule has 0 saturated heterocycles. The molecule has 1 amide bonds. The molecule has 0 spiro atoms. The van der Waals surface area contributed by atoms with E-state index in [0.717, 1.165) is 0 Å². The molecule has 64 valence electrons. The van der Waals surface area contributed by atoms with Crippen LogP contribution in [0, 0.1) is 0 Å². The first-order valence-corrected chi connectivity index (χ1v) is 4.30. The SMILES string of the molecule is NC(=O)c1cncc(OCBr)c1. The number of nitrogens with zero attached hydrogens (tertiary/aromatic N) is 1. The van der Waals surface area contributed by atoms with E-state index >= 15 is 0 Å². The van der Waals surface area contributed by atoms with E-state index in [4.69, 9.17) is 10.5 Å². The van der Waals surface area contributed by atoms with Gasteiger partial charge in [-0.15, -0.1) is 0 Å². The van der Waals surface area contributed by atoms with Gasteiger partial charge in [-0.25, -0.2) is 0 Å². The second-order valence-corrected chi connectivity index (χ2v) is 2.48. The molecule has 0 fully saturated rings. The summed E-state index contributed by atoms with van der Waals surface area (Å²) in [6.45, 7) is 0. The molecule has 2 N–H and O–H groups in total. The number of carbonyl (C=O) groups is 1. The molecule has 1 aromatic rings. The Labute approximate surface area is 77.9 Å². The first kappa shape index (κ1) is 8.99. The minimum atomic E-state index is -0.512. The highest BCUT2D eigenvalue weighted by molar-refractivity contribution is 9.09. The van der Waals surface area contributed by atoms with Crippen molar-refractivity contribution in [1.82, 2.24) is 4.98 Å². The Hall–Kier alpha value is -1.10. The van der Waals surface area contributed by atoms with Gasteiger partial charge in [0.2, 0.25) is 5.91 Å². The van der Waals surface area contributed by atoms with E-state index in [1.54, 1.807) is 0 Å². The molecule has 0 saturated carbocycles. The molecule has 0 aliphatic carbocycles. The first-order chi connectivity index (χ1) is 5.74. The summed E-state index contributed by atoms with van der Waals surface area (Å²) in [4.78, 5) is 14.5. The molecule has 4 nitrogen and oxygen atoms in total. The van der Waals surface area contributed by atoms with E-state index in [-0.39, 0.29) is 0 Å². The number of primary amides is 1. The smallest absolute Gasteiger partial charge is 0.250 e. The highest BCUT2D eigenvalue weighted by Crippen LogP contribution is 2.10. The molecule has 1 rings (SSSR count). The minimum Gasteiger partial charge on any atom is -0.481 e. The molecule has 12 heavy (non-hydrogen) atoms. The number of nitrogens with two attached hydrogens (primary N) is 1. The van der Waals surface area contributed by atoms with E-state index in [1.807, 2.05) is 0 Å². The molecule has 0 unspecified atom stereocenters. The highest BCUT2D eigenvalue weighted by Gasteiger charge is 2.01. The maximum Gasteiger partial charge on any atom is 0.250 e. The second-order valence-electron chi connectivity index (χ2n) is 2.03. The fraction of sp³-hybridized carbons (Fsp3) is 0.143. The lowest BCUT2D eigenvalue weighted by atomic mass is 10.3. The van der Waals surface area contributed by atoms with Gasteiger partial charge in [0, 0.05) is 6.20 Å². The fourth-order valence-electron chi connectivity index (χ4n) is 0.696. The van der Waals surface area contributed by atoms with Crippen LogP contribution in [0.25, 0.3) is 0 Å². The van der Waals surface area contributed by atoms with Crippen LogP contribution in [-0.2, 0) is 0 Å². The Morgan fingerprint density at radius 3 is 3.00 bits per heavy atom. The minimum absolute atomic E-state index is 0.341. The topological polar surface area (TPSA) is 65.2 Å². The maximum atomic E-state index is 10.7. The lowest BCUT2D eigenvalue weighted by Gasteiger charge is -2.01. The summed E-state index contributed by atoms with van der Waals surface area (Å²) in [5, 5.41) is 0. The van der Waals surface area contributed by atoms with E-state index in [2.05, 4.69) is 20.9 Å². The molecule has 0 atom stereocenters. The van der Waals surface area contributed by atoms with Crippen molar-refractivity contribution < 1.29 is 9.53 Å². The Morgan fingerprint density at radius 1 is 1.67 bits per heavy atom. The summed E-state index contributed by atoms with van der Waals surface area (Å²) in [5.41, 5.74) is 5.73. The second kappa shape index (κ2) is 4.06. The Bertz CT molecular complexity index is 290. The lowest BCUT2D eigenvalue weighted by Crippen LogP contribution is -2.11. The Balaban J connectivity index is 2.88. The van der Waals surface area contributed by atoms with Gasteiger partial charge in [-0.05, 0) is 22.0 Å². The zero-order valence-electron chi connectivity index (χ0n) is 6.16. The average molecular weight is 231 g/mol. The molecular formula is C7H7BrN2O2. The molecule has 0 aliphatic rings. The number of amides is 1. The van der Waals surface area contributed by atoms with Crippen LogP contribution in [0.15, 0.2) is 18.5 Å². The summed E-state index contributed by atoms with van der Waals surface area (Å²) in [7, 11) is 0. The molecule has 0 aliphatic heterocycles. The Morgan fingerprint density at radius 2 is 2.42 bits per heavy atom. The predicted molar refractivity (Wildman–Crippen MR) is 47.2 cm³/mol. The molecular weight excluding hydrogens is 224 g/mol. The van der Waals surface area contributed by atoms with E-state index < -0.39 is 5.91 Å². The van der Waals surface area contributed by atoms with Crippen LogP contribution in [0.5, 0.6) is 5.75 Å². The van der Waals surface area contributed by atoms with Gasteiger partial charge in [0.05, 0.1) is 11.8 Å². The predicted octanol–water partition coefficient (Wildman–Crippen LogP) is 0.912. The van der Waals surface area contributed by atoms with Crippen LogP contribution >= 0.6 is 15.9 Å². The number of carbonyl (C=O) groups excluding carboxylic acids is 1. The third-order valence-corrected chi connectivity index (χ3v) is 1.45. The maximum absolute atomic E-state index is 10.7. The zero-order valence-corrected chi connectivity index (χ0v) is 7.74. The number of hydrogen-bond acceptors (Lipinski definition) is 3. The number of halogens is 1. The third kappa shape index (κ3) is 2.20. The quantitative estimate of drug-likeness (QED) is 0.786. The van der Waals surface area contributed by atoms with E-state index in [9.17, 15) is 4.79 Å². The molecule has 0 aromatic carbocycles. The number of rotatable bonds is 3. The summed E-state index contributed by atoms with van der Waals surface area (Å²) < 4.78 is 5.04. The average Bonchev–Trinajstić information content (AvgIpc) is 2.05. The standard InChI is InChI=1S/C7H7BrN2O2/c8-4-12-6-1-5(7(9)11)2-10-3-6/h1-3H,4H2,(H2,9,11). The van der Waals surface area contributed by atoms with Crippen molar-refractivity contribution in [3.05, 3.63) is 24.0 Å². The van der Waals surface area contributed by atoms with Gasteiger partial charge in [-0.3, -0.25) is 9.78 Å². The van der Waals surface area contributed by atoms with Gasteiger partial charge in [0.1, 0.15) is 11.3 Å². The number of alkyl halides is 1. The van der Waals surface area contributed by atoms with E-state index in [0.29, 0.717) is 16.8 Å². The number of ether oxygens (including phenoxy) is 1. The Kier molecular flexibility index (Phi) is 3.04. The van der Waals surface area contributed by atoms with Gasteiger partial charge in [-0.1, -0.05) is 0 Å². The van der Waals surface area contributed by atoms with Crippen LogP contribution in [0.3, 0.4) is 0 Å². The van der Waals surface area contributed by atoms with Crippen molar-refractivity contribution in [2.24, 2.45) is 5.73 Å². The molecule has 1 heterocycles. The van der Waals surface area contributed by atoms with Gasteiger partial charge in [-0.2, -0.15) is 0 Å². The summed E-state index contributed by atoms with van der Waals surface area (Å²) in [5.74, 6) is 0.00528. The molecule has 0 bridgehead atoms. The molecule has 5 heteroatoms. The molecule has 0 radical (unpaired) electrons. The monoisotopic (exact) mass is 230 g/mol. The van der Waals surface area contributed by atoms with E-state index in [1.165, 1.54) is 18.5 Å². The van der Waals surface area contributed by atoms with Crippen molar-refractivity contribution in [2.75, 3.05) is 5.52 Å².